The standard InChI is InChI=1S/C12H13FO/c1-3-4-5-8-14-11-6-7-12(13)10(2)9-11/h6-7,9H,5,8H2,1-2H3. The van der Waals surface area contributed by atoms with Gasteiger partial charge in [0.15, 0.2) is 0 Å². The number of hydrogen-bond donors (Lipinski definition) is 0. The molecule has 1 aromatic rings. The van der Waals surface area contributed by atoms with Gasteiger partial charge in [-0.1, -0.05) is 0 Å². The fourth-order valence-corrected chi connectivity index (χ4v) is 1.05. The summed E-state index contributed by atoms with van der Waals surface area (Å²) in [6.07, 6.45) is 0.701. The van der Waals surface area contributed by atoms with Gasteiger partial charge in [0, 0.05) is 6.42 Å². The summed E-state index contributed by atoms with van der Waals surface area (Å²) in [4.78, 5) is 0. The van der Waals surface area contributed by atoms with Crippen molar-refractivity contribution in [2.24, 2.45) is 0 Å². The summed E-state index contributed by atoms with van der Waals surface area (Å²) in [5.41, 5.74) is 0.601. The van der Waals surface area contributed by atoms with Crippen LogP contribution in [-0.4, -0.2) is 6.61 Å². The number of rotatable bonds is 3. The zero-order valence-corrected chi connectivity index (χ0v) is 8.43. The lowest BCUT2D eigenvalue weighted by atomic mass is 10.2. The molecule has 0 bridgehead atoms. The predicted octanol–water partition coefficient (Wildman–Crippen LogP) is 2.93. The van der Waals surface area contributed by atoms with E-state index < -0.39 is 0 Å². The van der Waals surface area contributed by atoms with Gasteiger partial charge in [-0.3, -0.25) is 0 Å². The Morgan fingerprint density at radius 3 is 2.86 bits per heavy atom. The highest BCUT2D eigenvalue weighted by atomic mass is 19.1. The monoisotopic (exact) mass is 192 g/mol. The summed E-state index contributed by atoms with van der Waals surface area (Å²) in [6, 6.07) is 4.73. The highest BCUT2D eigenvalue weighted by Gasteiger charge is 1.98. The minimum absolute atomic E-state index is 0.203. The molecule has 1 nitrogen and oxygen atoms in total. The Balaban J connectivity index is 2.50. The highest BCUT2D eigenvalue weighted by molar-refractivity contribution is 5.28. The molecule has 0 radical (unpaired) electrons. The van der Waals surface area contributed by atoms with Gasteiger partial charge in [-0.15, -0.1) is 11.8 Å². The second-order valence-electron chi connectivity index (χ2n) is 2.94. The van der Waals surface area contributed by atoms with E-state index in [0.717, 1.165) is 0 Å². The third kappa shape index (κ3) is 3.10. The summed E-state index contributed by atoms with van der Waals surface area (Å²) in [6.45, 7) is 4.06. The lowest BCUT2D eigenvalue weighted by molar-refractivity contribution is 0.326. The molecule has 0 aliphatic carbocycles. The van der Waals surface area contributed by atoms with Crippen LogP contribution < -0.4 is 4.74 Å². The molecular weight excluding hydrogens is 179 g/mol. The molecule has 0 fully saturated rings. The molecule has 1 rings (SSSR count). The smallest absolute Gasteiger partial charge is 0.126 e. The molecule has 0 atom stereocenters. The third-order valence-electron chi connectivity index (χ3n) is 1.80. The molecule has 0 spiro atoms. The average molecular weight is 192 g/mol. The van der Waals surface area contributed by atoms with Gasteiger partial charge in [-0.2, -0.15) is 0 Å². The Morgan fingerprint density at radius 1 is 1.43 bits per heavy atom. The normalized spacial score (nSPS) is 9.07. The lowest BCUT2D eigenvalue weighted by Gasteiger charge is -2.04. The van der Waals surface area contributed by atoms with Gasteiger partial charge in [0.1, 0.15) is 11.6 Å². The first-order valence-electron chi connectivity index (χ1n) is 4.52. The highest BCUT2D eigenvalue weighted by Crippen LogP contribution is 2.15. The molecule has 1 aromatic carbocycles. The Hall–Kier alpha value is -1.49. The molecule has 74 valence electrons. The van der Waals surface area contributed by atoms with Crippen LogP contribution >= 0.6 is 0 Å². The van der Waals surface area contributed by atoms with E-state index in [2.05, 4.69) is 11.8 Å². The average Bonchev–Trinajstić information content (AvgIpc) is 2.18. The fraction of sp³-hybridized carbons (Fsp3) is 0.333. The Morgan fingerprint density at radius 2 is 2.21 bits per heavy atom. The topological polar surface area (TPSA) is 9.23 Å². The fourth-order valence-electron chi connectivity index (χ4n) is 1.05. The maximum absolute atomic E-state index is 12.9. The first-order valence-corrected chi connectivity index (χ1v) is 4.52. The molecule has 0 heterocycles. The van der Waals surface area contributed by atoms with Crippen molar-refractivity contribution in [1.82, 2.24) is 0 Å². The quantitative estimate of drug-likeness (QED) is 0.528. The van der Waals surface area contributed by atoms with Crippen LogP contribution in [0, 0.1) is 24.6 Å². The van der Waals surface area contributed by atoms with Crippen molar-refractivity contribution in [1.29, 1.82) is 0 Å². The SMILES string of the molecule is CC#CCCOc1ccc(F)c(C)c1. The Labute approximate surface area is 83.9 Å². The Bertz CT molecular complexity index is 360. The summed E-state index contributed by atoms with van der Waals surface area (Å²) < 4.78 is 18.2. The van der Waals surface area contributed by atoms with E-state index in [1.165, 1.54) is 6.07 Å². The van der Waals surface area contributed by atoms with Gasteiger partial charge in [-0.05, 0) is 37.6 Å². The number of halogens is 1. The largest absolute Gasteiger partial charge is 0.493 e. The van der Waals surface area contributed by atoms with Crippen molar-refractivity contribution >= 4 is 0 Å². The maximum Gasteiger partial charge on any atom is 0.126 e. The molecule has 0 saturated heterocycles. The van der Waals surface area contributed by atoms with Gasteiger partial charge in [0.2, 0.25) is 0 Å². The van der Waals surface area contributed by atoms with Crippen LogP contribution in [0.4, 0.5) is 4.39 Å². The van der Waals surface area contributed by atoms with Crippen molar-refractivity contribution < 1.29 is 9.13 Å². The maximum atomic E-state index is 12.9. The van der Waals surface area contributed by atoms with Crippen LogP contribution in [-0.2, 0) is 0 Å². The zero-order valence-electron chi connectivity index (χ0n) is 8.43. The van der Waals surface area contributed by atoms with Gasteiger partial charge < -0.3 is 4.74 Å². The lowest BCUT2D eigenvalue weighted by Crippen LogP contribution is -1.96. The first-order chi connectivity index (χ1) is 6.74. The van der Waals surface area contributed by atoms with E-state index >= 15 is 0 Å². The minimum Gasteiger partial charge on any atom is -0.493 e. The van der Waals surface area contributed by atoms with Crippen molar-refractivity contribution in [3.63, 3.8) is 0 Å². The Kier molecular flexibility index (Phi) is 4.00. The minimum atomic E-state index is -0.203. The van der Waals surface area contributed by atoms with Crippen LogP contribution in [0.2, 0.25) is 0 Å². The zero-order chi connectivity index (χ0) is 10.4. The molecule has 2 heteroatoms. The molecule has 0 N–H and O–H groups in total. The van der Waals surface area contributed by atoms with Crippen LogP contribution in [0.15, 0.2) is 18.2 Å². The van der Waals surface area contributed by atoms with E-state index in [1.54, 1.807) is 26.0 Å². The van der Waals surface area contributed by atoms with Crippen molar-refractivity contribution in [2.75, 3.05) is 6.61 Å². The second-order valence-corrected chi connectivity index (χ2v) is 2.94. The number of ether oxygens (including phenoxy) is 1. The summed E-state index contributed by atoms with van der Waals surface area (Å²) >= 11 is 0. The van der Waals surface area contributed by atoms with Crippen LogP contribution in [0.25, 0.3) is 0 Å². The van der Waals surface area contributed by atoms with Crippen LogP contribution in [0.3, 0.4) is 0 Å². The van der Waals surface area contributed by atoms with Crippen LogP contribution in [0.1, 0.15) is 18.9 Å². The molecule has 0 aromatic heterocycles. The molecule has 0 aliphatic rings. The third-order valence-corrected chi connectivity index (χ3v) is 1.80. The van der Waals surface area contributed by atoms with Crippen molar-refractivity contribution in [3.05, 3.63) is 29.6 Å². The summed E-state index contributed by atoms with van der Waals surface area (Å²) in [7, 11) is 0. The molecule has 0 aliphatic heterocycles. The van der Waals surface area contributed by atoms with Crippen molar-refractivity contribution in [2.45, 2.75) is 20.3 Å². The van der Waals surface area contributed by atoms with Gasteiger partial charge >= 0.3 is 0 Å². The molecule has 0 amide bonds. The molecule has 0 saturated carbocycles. The number of benzene rings is 1. The molecule has 0 unspecified atom stereocenters. The van der Waals surface area contributed by atoms with E-state index in [1.807, 2.05) is 0 Å². The molecule has 14 heavy (non-hydrogen) atoms. The number of hydrogen-bond acceptors (Lipinski definition) is 1. The van der Waals surface area contributed by atoms with Crippen LogP contribution in [0.5, 0.6) is 5.75 Å². The molecular formula is C12H13FO. The predicted molar refractivity (Wildman–Crippen MR) is 54.7 cm³/mol. The van der Waals surface area contributed by atoms with E-state index in [0.29, 0.717) is 24.3 Å². The van der Waals surface area contributed by atoms with Crippen molar-refractivity contribution in [3.8, 4) is 17.6 Å². The first kappa shape index (κ1) is 10.6. The van der Waals surface area contributed by atoms with Gasteiger partial charge in [0.25, 0.3) is 0 Å². The second kappa shape index (κ2) is 5.29. The van der Waals surface area contributed by atoms with E-state index in [-0.39, 0.29) is 5.82 Å². The summed E-state index contributed by atoms with van der Waals surface area (Å²) in [5, 5.41) is 0. The van der Waals surface area contributed by atoms with Gasteiger partial charge in [-0.25, -0.2) is 4.39 Å². The summed E-state index contributed by atoms with van der Waals surface area (Å²) in [5.74, 6) is 6.17. The van der Waals surface area contributed by atoms with E-state index in [4.69, 9.17) is 4.74 Å². The number of aryl methyl sites for hydroxylation is 1. The van der Waals surface area contributed by atoms with Gasteiger partial charge in [0.05, 0.1) is 6.61 Å². The van der Waals surface area contributed by atoms with E-state index in [9.17, 15) is 4.39 Å².